The molecule has 0 saturated carbocycles. The first kappa shape index (κ1) is 19.7. The molecule has 0 aliphatic carbocycles. The number of alkyl halides is 4. The number of anilines is 1. The summed E-state index contributed by atoms with van der Waals surface area (Å²) >= 11 is 6.71. The maximum absolute atomic E-state index is 12.8. The summed E-state index contributed by atoms with van der Waals surface area (Å²) in [5, 5.41) is 4.92. The topological polar surface area (TPSA) is 46.1 Å². The molecule has 9 heteroatoms. The molecule has 2 rings (SSSR count). The highest BCUT2D eigenvalue weighted by Gasteiger charge is 2.37. The van der Waals surface area contributed by atoms with E-state index in [1.807, 2.05) is 20.8 Å². The third-order valence-corrected chi connectivity index (χ3v) is 5.11. The number of amides is 1. The van der Waals surface area contributed by atoms with Crippen molar-refractivity contribution < 1.29 is 18.0 Å². The number of hydrogen-bond acceptors (Lipinski definition) is 4. The van der Waals surface area contributed by atoms with Crippen LogP contribution in [-0.4, -0.2) is 21.5 Å². The van der Waals surface area contributed by atoms with Gasteiger partial charge in [0.15, 0.2) is 0 Å². The number of aromatic nitrogens is 2. The SMILES string of the molecule is CC(C)(C)C(Cl)C(=O)N(Cc1nnc(C(F)(F)F)s1)c1ccccc1. The molecule has 1 heterocycles. The average Bonchev–Trinajstić information content (AvgIpc) is 3.00. The zero-order valence-electron chi connectivity index (χ0n) is 13.8. The lowest BCUT2D eigenvalue weighted by atomic mass is 9.91. The number of nitrogens with zero attached hydrogens (tertiary/aromatic N) is 3. The van der Waals surface area contributed by atoms with Gasteiger partial charge in [0.05, 0.1) is 6.54 Å². The molecule has 0 radical (unpaired) electrons. The third kappa shape index (κ3) is 4.92. The Morgan fingerprint density at radius 3 is 2.28 bits per heavy atom. The molecule has 1 aromatic heterocycles. The van der Waals surface area contributed by atoms with Crippen molar-refractivity contribution in [2.24, 2.45) is 5.41 Å². The van der Waals surface area contributed by atoms with Gasteiger partial charge in [0, 0.05) is 5.69 Å². The van der Waals surface area contributed by atoms with E-state index >= 15 is 0 Å². The summed E-state index contributed by atoms with van der Waals surface area (Å²) in [4.78, 5) is 14.2. The first-order valence-corrected chi connectivity index (χ1v) is 8.65. The molecule has 0 aliphatic rings. The van der Waals surface area contributed by atoms with Gasteiger partial charge in [-0.15, -0.1) is 21.8 Å². The van der Waals surface area contributed by atoms with Crippen LogP contribution in [-0.2, 0) is 17.5 Å². The van der Waals surface area contributed by atoms with E-state index in [4.69, 9.17) is 11.6 Å². The number of benzene rings is 1. The van der Waals surface area contributed by atoms with Crippen LogP contribution in [0.3, 0.4) is 0 Å². The van der Waals surface area contributed by atoms with Crippen LogP contribution < -0.4 is 4.90 Å². The van der Waals surface area contributed by atoms with E-state index in [0.29, 0.717) is 17.0 Å². The second-order valence-corrected chi connectivity index (χ2v) is 7.99. The van der Waals surface area contributed by atoms with Gasteiger partial charge in [0.1, 0.15) is 10.4 Å². The first-order valence-electron chi connectivity index (χ1n) is 7.40. The van der Waals surface area contributed by atoms with E-state index in [-0.39, 0.29) is 11.6 Å². The summed E-state index contributed by atoms with van der Waals surface area (Å²) in [5.41, 5.74) is 0.0235. The third-order valence-electron chi connectivity index (χ3n) is 3.31. The Kier molecular flexibility index (Phi) is 5.73. The van der Waals surface area contributed by atoms with Crippen LogP contribution >= 0.6 is 22.9 Å². The van der Waals surface area contributed by atoms with Gasteiger partial charge in [0.25, 0.3) is 0 Å². The highest BCUT2D eigenvalue weighted by atomic mass is 35.5. The van der Waals surface area contributed by atoms with Crippen molar-refractivity contribution in [1.29, 1.82) is 0 Å². The highest BCUT2D eigenvalue weighted by Crippen LogP contribution is 2.33. The van der Waals surface area contributed by atoms with Gasteiger partial charge in [-0.25, -0.2) is 0 Å². The molecule has 1 unspecified atom stereocenters. The number of para-hydroxylation sites is 1. The minimum Gasteiger partial charge on any atom is -0.304 e. The molecule has 25 heavy (non-hydrogen) atoms. The van der Waals surface area contributed by atoms with E-state index in [1.54, 1.807) is 30.3 Å². The van der Waals surface area contributed by atoms with E-state index in [9.17, 15) is 18.0 Å². The van der Waals surface area contributed by atoms with Crippen molar-refractivity contribution in [1.82, 2.24) is 10.2 Å². The molecule has 1 aromatic carbocycles. The summed E-state index contributed by atoms with van der Waals surface area (Å²) in [5.74, 6) is -0.399. The van der Waals surface area contributed by atoms with Crippen LogP contribution in [0.4, 0.5) is 18.9 Å². The Balaban J connectivity index is 2.33. The van der Waals surface area contributed by atoms with Gasteiger partial charge in [-0.3, -0.25) is 4.79 Å². The van der Waals surface area contributed by atoms with Crippen molar-refractivity contribution in [3.8, 4) is 0 Å². The fraction of sp³-hybridized carbons (Fsp3) is 0.438. The lowest BCUT2D eigenvalue weighted by Crippen LogP contribution is -2.42. The standard InChI is InChI=1S/C16H17ClF3N3OS/c1-15(2,3)12(17)13(24)23(10-7-5-4-6-8-10)9-11-21-22-14(25-11)16(18,19)20/h4-8,12H,9H2,1-3H3. The maximum Gasteiger partial charge on any atom is 0.445 e. The summed E-state index contributed by atoms with van der Waals surface area (Å²) in [6.45, 7) is 5.32. The monoisotopic (exact) mass is 391 g/mol. The molecule has 4 nitrogen and oxygen atoms in total. The van der Waals surface area contributed by atoms with Crippen LogP contribution in [0.15, 0.2) is 30.3 Å². The van der Waals surface area contributed by atoms with Crippen molar-refractivity contribution in [2.45, 2.75) is 38.9 Å². The summed E-state index contributed by atoms with van der Waals surface area (Å²) in [6, 6.07) is 8.63. The Hall–Kier alpha value is -1.67. The minimum absolute atomic E-state index is 0.0855. The molecular formula is C16H17ClF3N3OS. The van der Waals surface area contributed by atoms with Gasteiger partial charge in [-0.1, -0.05) is 50.3 Å². The van der Waals surface area contributed by atoms with Gasteiger partial charge >= 0.3 is 6.18 Å². The minimum atomic E-state index is -4.56. The Morgan fingerprint density at radius 1 is 1.20 bits per heavy atom. The predicted octanol–water partition coefficient (Wildman–Crippen LogP) is 4.74. The number of carbonyl (C=O) groups is 1. The summed E-state index contributed by atoms with van der Waals surface area (Å²) < 4.78 is 38.1. The second-order valence-electron chi connectivity index (χ2n) is 6.49. The van der Waals surface area contributed by atoms with Crippen LogP contribution in [0.5, 0.6) is 0 Å². The van der Waals surface area contributed by atoms with Crippen molar-refractivity contribution in [3.63, 3.8) is 0 Å². The van der Waals surface area contributed by atoms with Gasteiger partial charge in [-0.2, -0.15) is 13.2 Å². The number of hydrogen-bond donors (Lipinski definition) is 0. The normalized spacial score (nSPS) is 13.6. The highest BCUT2D eigenvalue weighted by molar-refractivity contribution is 7.11. The summed E-state index contributed by atoms with van der Waals surface area (Å²) in [7, 11) is 0. The van der Waals surface area contributed by atoms with E-state index in [0.717, 1.165) is 0 Å². The lowest BCUT2D eigenvalue weighted by Gasteiger charge is -2.30. The molecule has 1 amide bonds. The summed E-state index contributed by atoms with van der Waals surface area (Å²) in [6.07, 6.45) is -4.56. The first-order chi connectivity index (χ1) is 11.5. The number of halogens is 4. The molecule has 0 spiro atoms. The van der Waals surface area contributed by atoms with Crippen molar-refractivity contribution >= 4 is 34.5 Å². The largest absolute Gasteiger partial charge is 0.445 e. The number of rotatable bonds is 4. The van der Waals surface area contributed by atoms with Crippen LogP contribution in [0, 0.1) is 5.41 Å². The fourth-order valence-corrected chi connectivity index (χ4v) is 2.79. The quantitative estimate of drug-likeness (QED) is 0.707. The molecule has 1 atom stereocenters. The van der Waals surface area contributed by atoms with Crippen LogP contribution in [0.2, 0.25) is 0 Å². The van der Waals surface area contributed by atoms with Gasteiger partial charge < -0.3 is 4.90 Å². The van der Waals surface area contributed by atoms with Crippen LogP contribution in [0.1, 0.15) is 30.8 Å². The smallest absolute Gasteiger partial charge is 0.304 e. The van der Waals surface area contributed by atoms with Gasteiger partial charge in [-0.05, 0) is 17.5 Å². The van der Waals surface area contributed by atoms with Crippen LogP contribution in [0.25, 0.3) is 0 Å². The predicted molar refractivity (Wildman–Crippen MR) is 91.6 cm³/mol. The van der Waals surface area contributed by atoms with Crippen molar-refractivity contribution in [2.75, 3.05) is 4.90 Å². The zero-order valence-corrected chi connectivity index (χ0v) is 15.4. The maximum atomic E-state index is 12.8. The molecule has 2 aromatic rings. The van der Waals surface area contributed by atoms with E-state index in [2.05, 4.69) is 10.2 Å². The fourth-order valence-electron chi connectivity index (χ4n) is 1.98. The second kappa shape index (κ2) is 7.29. The molecular weight excluding hydrogens is 375 g/mol. The number of carbonyl (C=O) groups excluding carboxylic acids is 1. The Bertz CT molecular complexity index is 728. The average molecular weight is 392 g/mol. The van der Waals surface area contributed by atoms with Gasteiger partial charge in [0.2, 0.25) is 10.9 Å². The van der Waals surface area contributed by atoms with E-state index in [1.165, 1.54) is 4.90 Å². The molecule has 0 saturated heterocycles. The Morgan fingerprint density at radius 2 is 1.80 bits per heavy atom. The van der Waals surface area contributed by atoms with Crippen molar-refractivity contribution in [3.05, 3.63) is 40.3 Å². The molecule has 0 bridgehead atoms. The molecule has 0 N–H and O–H groups in total. The molecule has 136 valence electrons. The molecule has 0 aliphatic heterocycles. The zero-order chi connectivity index (χ0) is 18.8. The Labute approximate surface area is 152 Å². The van der Waals surface area contributed by atoms with E-state index < -0.39 is 27.9 Å². The lowest BCUT2D eigenvalue weighted by molar-refractivity contribution is -0.138. The molecule has 0 fully saturated rings.